The molecule has 0 aliphatic carbocycles. The Hall–Kier alpha value is -1.73. The monoisotopic (exact) mass is 293 g/mol. The average molecular weight is 293 g/mol. The van der Waals surface area contributed by atoms with Gasteiger partial charge >= 0.3 is 0 Å². The molecule has 0 bridgehead atoms. The molecule has 0 radical (unpaired) electrons. The Kier molecular flexibility index (Phi) is 5.08. The van der Waals surface area contributed by atoms with Crippen LogP contribution in [0.5, 0.6) is 0 Å². The van der Waals surface area contributed by atoms with Crippen LogP contribution in [0.4, 0.5) is 5.69 Å². The smallest absolute Gasteiger partial charge is 0.272 e. The van der Waals surface area contributed by atoms with Gasteiger partial charge in [0.1, 0.15) is 5.82 Å². The maximum absolute atomic E-state index is 12.2. The fraction of sp³-hybridized carbons (Fsp3) is 0.643. The number of nitrogen functional groups attached to an aromatic ring is 1. The lowest BCUT2D eigenvalue weighted by Crippen LogP contribution is -2.46. The van der Waals surface area contributed by atoms with Crippen LogP contribution in [0.1, 0.15) is 36.1 Å². The highest BCUT2D eigenvalue weighted by Crippen LogP contribution is 2.13. The van der Waals surface area contributed by atoms with E-state index in [-0.39, 0.29) is 23.6 Å². The summed E-state index contributed by atoms with van der Waals surface area (Å²) >= 11 is 0. The van der Waals surface area contributed by atoms with Gasteiger partial charge in [-0.25, -0.2) is 9.97 Å². The second-order valence-corrected chi connectivity index (χ2v) is 5.65. The molecule has 2 heterocycles. The summed E-state index contributed by atoms with van der Waals surface area (Å²) in [6, 6.07) is 0. The summed E-state index contributed by atoms with van der Waals surface area (Å²) < 4.78 is 5.61. The van der Waals surface area contributed by atoms with Crippen molar-refractivity contribution in [2.24, 2.45) is 0 Å². The van der Waals surface area contributed by atoms with Crippen molar-refractivity contribution in [1.29, 1.82) is 0 Å². The number of carbonyl (C=O) groups is 1. The van der Waals surface area contributed by atoms with E-state index >= 15 is 0 Å². The van der Waals surface area contributed by atoms with E-state index in [2.05, 4.69) is 20.2 Å². The van der Waals surface area contributed by atoms with Crippen LogP contribution in [-0.2, 0) is 4.74 Å². The number of anilines is 1. The summed E-state index contributed by atoms with van der Waals surface area (Å²) in [4.78, 5) is 22.8. The number of aromatic nitrogens is 2. The van der Waals surface area contributed by atoms with Gasteiger partial charge < -0.3 is 20.7 Å². The maximum Gasteiger partial charge on any atom is 0.272 e. The summed E-state index contributed by atoms with van der Waals surface area (Å²) in [5.41, 5.74) is 6.32. The van der Waals surface area contributed by atoms with E-state index in [4.69, 9.17) is 10.5 Å². The molecule has 1 aromatic heterocycles. The molecule has 1 atom stereocenters. The Labute approximate surface area is 124 Å². The van der Waals surface area contributed by atoms with Crippen LogP contribution in [0.3, 0.4) is 0 Å². The van der Waals surface area contributed by atoms with Gasteiger partial charge in [-0.3, -0.25) is 4.79 Å². The molecule has 1 fully saturated rings. The molecule has 3 N–H and O–H groups in total. The quantitative estimate of drug-likeness (QED) is 0.826. The van der Waals surface area contributed by atoms with Crippen molar-refractivity contribution in [2.45, 2.75) is 25.9 Å². The maximum atomic E-state index is 12.2. The third-order valence-electron chi connectivity index (χ3n) is 3.40. The van der Waals surface area contributed by atoms with Crippen molar-refractivity contribution < 1.29 is 9.53 Å². The number of rotatable bonds is 4. The molecule has 1 aliphatic heterocycles. The highest BCUT2D eigenvalue weighted by Gasteiger charge is 2.20. The van der Waals surface area contributed by atoms with Crippen molar-refractivity contribution in [3.63, 3.8) is 0 Å². The number of ether oxygens (including phenoxy) is 1. The number of likely N-dealkylation sites (N-methyl/N-ethyl adjacent to an activating group) is 1. The minimum absolute atomic E-state index is 0.000306. The minimum Gasteiger partial charge on any atom is -0.396 e. The van der Waals surface area contributed by atoms with Gasteiger partial charge in [-0.1, -0.05) is 13.8 Å². The molecule has 2 rings (SSSR count). The van der Waals surface area contributed by atoms with E-state index in [1.807, 2.05) is 20.9 Å². The molecule has 1 amide bonds. The Bertz CT molecular complexity index is 506. The fourth-order valence-electron chi connectivity index (χ4n) is 2.15. The molecule has 7 heteroatoms. The Morgan fingerprint density at radius 1 is 1.62 bits per heavy atom. The predicted molar refractivity (Wildman–Crippen MR) is 80.1 cm³/mol. The largest absolute Gasteiger partial charge is 0.396 e. The molecule has 1 aliphatic rings. The van der Waals surface area contributed by atoms with Gasteiger partial charge in [-0.15, -0.1) is 0 Å². The SMILES string of the molecule is CC(C)c1ncc(N)c(C(=O)NCC2CN(C)CCO2)n1. The highest BCUT2D eigenvalue weighted by atomic mass is 16.5. The van der Waals surface area contributed by atoms with Crippen molar-refractivity contribution in [3.05, 3.63) is 17.7 Å². The molecule has 0 saturated carbocycles. The second-order valence-electron chi connectivity index (χ2n) is 5.65. The van der Waals surface area contributed by atoms with Gasteiger partial charge in [0.25, 0.3) is 5.91 Å². The van der Waals surface area contributed by atoms with Crippen molar-refractivity contribution in [1.82, 2.24) is 20.2 Å². The molecule has 1 aromatic rings. The van der Waals surface area contributed by atoms with Gasteiger partial charge in [0, 0.05) is 25.6 Å². The first-order valence-corrected chi connectivity index (χ1v) is 7.18. The van der Waals surface area contributed by atoms with E-state index in [1.165, 1.54) is 6.20 Å². The first kappa shape index (κ1) is 15.7. The number of nitrogens with zero attached hydrogens (tertiary/aromatic N) is 3. The van der Waals surface area contributed by atoms with Crippen molar-refractivity contribution in [2.75, 3.05) is 39.0 Å². The zero-order valence-electron chi connectivity index (χ0n) is 12.8. The Morgan fingerprint density at radius 3 is 3.05 bits per heavy atom. The Balaban J connectivity index is 1.98. The highest BCUT2D eigenvalue weighted by molar-refractivity contribution is 5.96. The van der Waals surface area contributed by atoms with Crippen LogP contribution < -0.4 is 11.1 Å². The number of hydrogen-bond donors (Lipinski definition) is 2. The topological polar surface area (TPSA) is 93.4 Å². The van der Waals surface area contributed by atoms with Gasteiger partial charge in [-0.2, -0.15) is 0 Å². The molecular weight excluding hydrogens is 270 g/mol. The molecule has 1 saturated heterocycles. The molecule has 7 nitrogen and oxygen atoms in total. The van der Waals surface area contributed by atoms with Gasteiger partial charge in [0.2, 0.25) is 0 Å². The van der Waals surface area contributed by atoms with Gasteiger partial charge in [0.05, 0.1) is 24.6 Å². The minimum atomic E-state index is -0.284. The average Bonchev–Trinajstić information content (AvgIpc) is 2.45. The van der Waals surface area contributed by atoms with Crippen LogP contribution in [0, 0.1) is 0 Å². The van der Waals surface area contributed by atoms with Crippen LogP contribution in [0.2, 0.25) is 0 Å². The summed E-state index contributed by atoms with van der Waals surface area (Å²) in [5.74, 6) is 0.476. The number of hydrogen-bond acceptors (Lipinski definition) is 6. The normalized spacial score (nSPS) is 19.7. The molecule has 116 valence electrons. The van der Waals surface area contributed by atoms with E-state index in [1.54, 1.807) is 0 Å². The van der Waals surface area contributed by atoms with E-state index in [0.717, 1.165) is 13.1 Å². The van der Waals surface area contributed by atoms with E-state index < -0.39 is 0 Å². The number of nitrogens with one attached hydrogen (secondary N) is 1. The summed E-state index contributed by atoms with van der Waals surface area (Å²) in [6.07, 6.45) is 1.49. The molecule has 0 spiro atoms. The van der Waals surface area contributed by atoms with E-state index in [0.29, 0.717) is 24.7 Å². The molecule has 0 aromatic carbocycles. The first-order chi connectivity index (χ1) is 9.97. The first-order valence-electron chi connectivity index (χ1n) is 7.18. The van der Waals surface area contributed by atoms with Crippen molar-refractivity contribution >= 4 is 11.6 Å². The third kappa shape index (κ3) is 4.12. The Morgan fingerprint density at radius 2 is 2.38 bits per heavy atom. The summed E-state index contributed by atoms with van der Waals surface area (Å²) in [7, 11) is 2.04. The third-order valence-corrected chi connectivity index (χ3v) is 3.40. The van der Waals surface area contributed by atoms with Crippen LogP contribution in [-0.4, -0.2) is 60.2 Å². The number of morpholine rings is 1. The zero-order chi connectivity index (χ0) is 15.4. The van der Waals surface area contributed by atoms with E-state index in [9.17, 15) is 4.79 Å². The van der Waals surface area contributed by atoms with Crippen LogP contribution in [0.25, 0.3) is 0 Å². The number of carbonyl (C=O) groups excluding carboxylic acids is 1. The van der Waals surface area contributed by atoms with Crippen LogP contribution in [0.15, 0.2) is 6.20 Å². The number of amides is 1. The van der Waals surface area contributed by atoms with Crippen molar-refractivity contribution in [3.8, 4) is 0 Å². The molecular formula is C14H23N5O2. The number of nitrogens with two attached hydrogens (primary N) is 1. The molecule has 1 unspecified atom stereocenters. The fourth-order valence-corrected chi connectivity index (χ4v) is 2.15. The zero-order valence-corrected chi connectivity index (χ0v) is 12.8. The molecule has 21 heavy (non-hydrogen) atoms. The van der Waals surface area contributed by atoms with Gasteiger partial charge in [-0.05, 0) is 7.05 Å². The second kappa shape index (κ2) is 6.82. The predicted octanol–water partition coefficient (Wildman–Crippen LogP) is 0.243. The lowest BCUT2D eigenvalue weighted by molar-refractivity contribution is -0.0175. The summed E-state index contributed by atoms with van der Waals surface area (Å²) in [6.45, 7) is 6.80. The lowest BCUT2D eigenvalue weighted by atomic mass is 10.2. The standard InChI is InChI=1S/C14H23N5O2/c1-9(2)13-16-7-11(15)12(18-13)14(20)17-6-10-8-19(3)4-5-21-10/h7,9-10H,4-6,8,15H2,1-3H3,(H,17,20). The van der Waals surface area contributed by atoms with Crippen LogP contribution >= 0.6 is 0 Å². The lowest BCUT2D eigenvalue weighted by Gasteiger charge is -2.30. The summed E-state index contributed by atoms with van der Waals surface area (Å²) in [5, 5.41) is 2.84. The van der Waals surface area contributed by atoms with Gasteiger partial charge in [0.15, 0.2) is 5.69 Å².